The largest absolute Gasteiger partial charge is 0.385 e. The van der Waals surface area contributed by atoms with Crippen molar-refractivity contribution in [2.75, 3.05) is 25.6 Å². The number of methoxy groups -OCH3 is 1. The predicted octanol–water partition coefficient (Wildman–Crippen LogP) is 2.37. The summed E-state index contributed by atoms with van der Waals surface area (Å²) in [6.45, 7) is 3.94. The van der Waals surface area contributed by atoms with Gasteiger partial charge in [-0.05, 0) is 32.1 Å². The van der Waals surface area contributed by atoms with Gasteiger partial charge in [0.1, 0.15) is 11.6 Å². The number of fused-ring (bicyclic) bond motifs is 1. The van der Waals surface area contributed by atoms with Crippen LogP contribution in [0.15, 0.2) is 0 Å². The summed E-state index contributed by atoms with van der Waals surface area (Å²) in [6.07, 6.45) is 6.46. The summed E-state index contributed by atoms with van der Waals surface area (Å²) < 4.78 is 5.08. The molecule has 1 aromatic rings. The molecule has 1 aromatic heterocycles. The van der Waals surface area contributed by atoms with Crippen molar-refractivity contribution in [1.29, 1.82) is 0 Å². The lowest BCUT2D eigenvalue weighted by atomic mass is 10.2. The van der Waals surface area contributed by atoms with Crippen LogP contribution >= 0.6 is 0 Å². The molecular formula is C14H23N3O. The fourth-order valence-electron chi connectivity index (χ4n) is 2.36. The third-order valence-corrected chi connectivity index (χ3v) is 3.27. The SMILES string of the molecule is CCCNc1nc(CCCOC)nc2c1CCC2. The molecule has 2 rings (SSSR count). The Bertz CT molecular complexity index is 393. The molecule has 0 radical (unpaired) electrons. The Balaban J connectivity index is 2.11. The maximum atomic E-state index is 5.08. The van der Waals surface area contributed by atoms with Crippen LogP contribution < -0.4 is 5.32 Å². The first-order valence-electron chi connectivity index (χ1n) is 6.96. The molecule has 18 heavy (non-hydrogen) atoms. The predicted molar refractivity (Wildman–Crippen MR) is 73.0 cm³/mol. The van der Waals surface area contributed by atoms with Crippen molar-refractivity contribution in [2.45, 2.75) is 45.4 Å². The zero-order chi connectivity index (χ0) is 12.8. The molecule has 0 amide bonds. The smallest absolute Gasteiger partial charge is 0.133 e. The number of nitrogens with zero attached hydrogens (tertiary/aromatic N) is 2. The third kappa shape index (κ3) is 3.19. The van der Waals surface area contributed by atoms with Crippen LogP contribution in [0.3, 0.4) is 0 Å². The van der Waals surface area contributed by atoms with Crippen molar-refractivity contribution < 1.29 is 4.74 Å². The van der Waals surface area contributed by atoms with Gasteiger partial charge < -0.3 is 10.1 Å². The van der Waals surface area contributed by atoms with Crippen LogP contribution in [0.5, 0.6) is 0 Å². The van der Waals surface area contributed by atoms with Gasteiger partial charge >= 0.3 is 0 Å². The maximum absolute atomic E-state index is 5.08. The van der Waals surface area contributed by atoms with Crippen LogP contribution in [-0.4, -0.2) is 30.2 Å². The number of anilines is 1. The maximum Gasteiger partial charge on any atom is 0.133 e. The molecule has 0 bridgehead atoms. The first-order chi connectivity index (χ1) is 8.85. The van der Waals surface area contributed by atoms with Gasteiger partial charge in [0.2, 0.25) is 0 Å². The van der Waals surface area contributed by atoms with E-state index in [9.17, 15) is 0 Å². The second-order valence-electron chi connectivity index (χ2n) is 4.79. The van der Waals surface area contributed by atoms with E-state index in [0.717, 1.165) is 56.9 Å². The molecule has 0 unspecified atom stereocenters. The third-order valence-electron chi connectivity index (χ3n) is 3.27. The molecule has 0 aliphatic heterocycles. The topological polar surface area (TPSA) is 47.0 Å². The van der Waals surface area contributed by atoms with Crippen molar-refractivity contribution in [3.8, 4) is 0 Å². The van der Waals surface area contributed by atoms with E-state index in [0.29, 0.717) is 0 Å². The van der Waals surface area contributed by atoms with Gasteiger partial charge in [-0.2, -0.15) is 0 Å². The second kappa shape index (κ2) is 6.69. The van der Waals surface area contributed by atoms with E-state index in [-0.39, 0.29) is 0 Å². The zero-order valence-corrected chi connectivity index (χ0v) is 11.5. The average molecular weight is 249 g/mol. The Morgan fingerprint density at radius 1 is 1.28 bits per heavy atom. The molecule has 1 N–H and O–H groups in total. The standard InChI is InChI=1S/C14H23N3O/c1-3-9-15-14-11-6-4-7-12(11)16-13(17-14)8-5-10-18-2/h3-10H2,1-2H3,(H,15,16,17). The second-order valence-corrected chi connectivity index (χ2v) is 4.79. The molecule has 0 fully saturated rings. The summed E-state index contributed by atoms with van der Waals surface area (Å²) in [5.74, 6) is 2.04. The van der Waals surface area contributed by atoms with Gasteiger partial charge in [0.05, 0.1) is 0 Å². The van der Waals surface area contributed by atoms with Crippen molar-refractivity contribution >= 4 is 5.82 Å². The van der Waals surface area contributed by atoms with Crippen LogP contribution in [0, 0.1) is 0 Å². The minimum atomic E-state index is 0.776. The minimum Gasteiger partial charge on any atom is -0.385 e. The summed E-state index contributed by atoms with van der Waals surface area (Å²) in [4.78, 5) is 9.36. The lowest BCUT2D eigenvalue weighted by Crippen LogP contribution is -2.10. The normalized spacial score (nSPS) is 13.7. The molecule has 1 aliphatic carbocycles. The number of nitrogens with one attached hydrogen (secondary N) is 1. The number of aromatic nitrogens is 2. The highest BCUT2D eigenvalue weighted by molar-refractivity contribution is 5.48. The zero-order valence-electron chi connectivity index (χ0n) is 11.5. The molecule has 1 heterocycles. The molecule has 0 saturated heterocycles. The first kappa shape index (κ1) is 13.3. The quantitative estimate of drug-likeness (QED) is 0.754. The van der Waals surface area contributed by atoms with Gasteiger partial charge in [-0.15, -0.1) is 0 Å². The summed E-state index contributed by atoms with van der Waals surface area (Å²) >= 11 is 0. The van der Waals surface area contributed by atoms with E-state index < -0.39 is 0 Å². The van der Waals surface area contributed by atoms with Crippen molar-refractivity contribution in [3.63, 3.8) is 0 Å². The van der Waals surface area contributed by atoms with Crippen LogP contribution in [0.2, 0.25) is 0 Å². The summed E-state index contributed by atoms with van der Waals surface area (Å²) in [6, 6.07) is 0. The van der Waals surface area contributed by atoms with E-state index in [2.05, 4.69) is 22.2 Å². The Morgan fingerprint density at radius 3 is 2.94 bits per heavy atom. The molecule has 1 aliphatic rings. The summed E-state index contributed by atoms with van der Waals surface area (Å²) in [5.41, 5.74) is 2.61. The first-order valence-corrected chi connectivity index (χ1v) is 6.96. The summed E-state index contributed by atoms with van der Waals surface area (Å²) in [7, 11) is 1.73. The molecule has 4 heteroatoms. The molecular weight excluding hydrogens is 226 g/mol. The number of hydrogen-bond acceptors (Lipinski definition) is 4. The van der Waals surface area contributed by atoms with Gasteiger partial charge in [0.15, 0.2) is 0 Å². The van der Waals surface area contributed by atoms with E-state index in [1.54, 1.807) is 7.11 Å². The average Bonchev–Trinajstić information content (AvgIpc) is 2.84. The highest BCUT2D eigenvalue weighted by Gasteiger charge is 2.18. The van der Waals surface area contributed by atoms with Gasteiger partial charge in [0, 0.05) is 37.9 Å². The Kier molecular flexibility index (Phi) is 4.93. The van der Waals surface area contributed by atoms with E-state index in [1.165, 1.54) is 17.7 Å². The Morgan fingerprint density at radius 2 is 2.17 bits per heavy atom. The molecule has 0 spiro atoms. The Labute approximate surface area is 109 Å². The molecule has 0 atom stereocenters. The van der Waals surface area contributed by atoms with Gasteiger partial charge in [-0.1, -0.05) is 6.92 Å². The lowest BCUT2D eigenvalue weighted by Gasteiger charge is -2.11. The van der Waals surface area contributed by atoms with Crippen LogP contribution in [0.25, 0.3) is 0 Å². The monoisotopic (exact) mass is 249 g/mol. The van der Waals surface area contributed by atoms with E-state index in [1.807, 2.05) is 0 Å². The summed E-state index contributed by atoms with van der Waals surface area (Å²) in [5, 5.41) is 3.44. The van der Waals surface area contributed by atoms with Crippen molar-refractivity contribution in [3.05, 3.63) is 17.1 Å². The highest BCUT2D eigenvalue weighted by atomic mass is 16.5. The van der Waals surface area contributed by atoms with Gasteiger partial charge in [0.25, 0.3) is 0 Å². The fraction of sp³-hybridized carbons (Fsp3) is 0.714. The van der Waals surface area contributed by atoms with Gasteiger partial charge in [-0.3, -0.25) is 0 Å². The molecule has 0 saturated carbocycles. The van der Waals surface area contributed by atoms with Crippen LogP contribution in [0.1, 0.15) is 43.3 Å². The van der Waals surface area contributed by atoms with Crippen molar-refractivity contribution in [1.82, 2.24) is 9.97 Å². The number of aryl methyl sites for hydroxylation is 2. The van der Waals surface area contributed by atoms with Gasteiger partial charge in [-0.25, -0.2) is 9.97 Å². The fourth-order valence-corrected chi connectivity index (χ4v) is 2.36. The highest BCUT2D eigenvalue weighted by Crippen LogP contribution is 2.26. The number of ether oxygens (including phenoxy) is 1. The Hall–Kier alpha value is -1.16. The number of rotatable bonds is 7. The van der Waals surface area contributed by atoms with Crippen LogP contribution in [0.4, 0.5) is 5.82 Å². The van der Waals surface area contributed by atoms with Crippen molar-refractivity contribution in [2.24, 2.45) is 0 Å². The number of hydrogen-bond donors (Lipinski definition) is 1. The molecule has 100 valence electrons. The minimum absolute atomic E-state index is 0.776. The lowest BCUT2D eigenvalue weighted by molar-refractivity contribution is 0.194. The van der Waals surface area contributed by atoms with E-state index in [4.69, 9.17) is 4.74 Å². The molecule has 4 nitrogen and oxygen atoms in total. The van der Waals surface area contributed by atoms with E-state index >= 15 is 0 Å². The molecule has 0 aromatic carbocycles. The van der Waals surface area contributed by atoms with Crippen LogP contribution in [-0.2, 0) is 24.0 Å².